The van der Waals surface area contributed by atoms with Gasteiger partial charge < -0.3 is 10.0 Å². The number of hydrogen-bond donors (Lipinski definition) is 2. The fourth-order valence-electron chi connectivity index (χ4n) is 2.20. The summed E-state index contributed by atoms with van der Waals surface area (Å²) in [6.07, 6.45) is 0. The van der Waals surface area contributed by atoms with E-state index in [9.17, 15) is 4.79 Å². The standard InChI is InChI=1S/C16H22N4O2S/c1-4-20(10-11-21)15(22)17-14-19-18-13(23-14)16(2,3)12-8-6-5-7-9-12/h5-9,21H,4,10-11H2,1-3H3,(H,17,19,22). The molecule has 23 heavy (non-hydrogen) atoms. The Morgan fingerprint density at radius 1 is 1.30 bits per heavy atom. The Kier molecular flexibility index (Phi) is 5.68. The summed E-state index contributed by atoms with van der Waals surface area (Å²) >= 11 is 1.37. The van der Waals surface area contributed by atoms with Crippen LogP contribution in [0.4, 0.5) is 9.93 Å². The molecule has 2 rings (SSSR count). The quantitative estimate of drug-likeness (QED) is 0.851. The fraction of sp³-hybridized carbons (Fsp3) is 0.438. The van der Waals surface area contributed by atoms with Crippen molar-refractivity contribution in [2.24, 2.45) is 0 Å². The summed E-state index contributed by atoms with van der Waals surface area (Å²) < 4.78 is 0. The van der Waals surface area contributed by atoms with E-state index in [1.54, 1.807) is 0 Å². The van der Waals surface area contributed by atoms with Gasteiger partial charge in [0.1, 0.15) is 5.01 Å². The molecule has 0 radical (unpaired) electrons. The van der Waals surface area contributed by atoms with Crippen molar-refractivity contribution in [3.05, 3.63) is 40.9 Å². The van der Waals surface area contributed by atoms with Crippen molar-refractivity contribution >= 4 is 22.5 Å². The number of amides is 2. The number of aromatic nitrogens is 2. The molecule has 2 N–H and O–H groups in total. The fourth-order valence-corrected chi connectivity index (χ4v) is 3.06. The van der Waals surface area contributed by atoms with Crippen molar-refractivity contribution in [3.8, 4) is 0 Å². The van der Waals surface area contributed by atoms with E-state index >= 15 is 0 Å². The van der Waals surface area contributed by atoms with Crippen molar-refractivity contribution in [1.29, 1.82) is 0 Å². The lowest BCUT2D eigenvalue weighted by atomic mass is 9.85. The van der Waals surface area contributed by atoms with Crippen molar-refractivity contribution in [3.63, 3.8) is 0 Å². The monoisotopic (exact) mass is 334 g/mol. The average molecular weight is 334 g/mol. The van der Waals surface area contributed by atoms with Crippen LogP contribution in [0.2, 0.25) is 0 Å². The van der Waals surface area contributed by atoms with E-state index in [1.165, 1.54) is 16.2 Å². The highest BCUT2D eigenvalue weighted by Gasteiger charge is 2.28. The first-order chi connectivity index (χ1) is 11.0. The zero-order chi connectivity index (χ0) is 16.9. The molecule has 6 nitrogen and oxygen atoms in total. The molecule has 7 heteroatoms. The van der Waals surface area contributed by atoms with Gasteiger partial charge in [0.05, 0.1) is 6.61 Å². The second kappa shape index (κ2) is 7.52. The van der Waals surface area contributed by atoms with E-state index in [-0.39, 0.29) is 18.1 Å². The van der Waals surface area contributed by atoms with Crippen LogP contribution in [0.5, 0.6) is 0 Å². The maximum atomic E-state index is 12.1. The lowest BCUT2D eigenvalue weighted by Gasteiger charge is -2.21. The van der Waals surface area contributed by atoms with E-state index < -0.39 is 0 Å². The molecule has 124 valence electrons. The Morgan fingerprint density at radius 3 is 2.61 bits per heavy atom. The third kappa shape index (κ3) is 4.05. The normalized spacial score (nSPS) is 11.3. The van der Waals surface area contributed by atoms with Gasteiger partial charge in [-0.15, -0.1) is 10.2 Å². The molecule has 2 amide bonds. The summed E-state index contributed by atoms with van der Waals surface area (Å²) in [5, 5.41) is 21.3. The van der Waals surface area contributed by atoms with Gasteiger partial charge >= 0.3 is 6.03 Å². The maximum Gasteiger partial charge on any atom is 0.323 e. The molecule has 0 aliphatic heterocycles. The highest BCUT2D eigenvalue weighted by molar-refractivity contribution is 7.15. The van der Waals surface area contributed by atoms with Crippen LogP contribution in [0, 0.1) is 0 Å². The summed E-state index contributed by atoms with van der Waals surface area (Å²) in [5.41, 5.74) is 0.863. The summed E-state index contributed by atoms with van der Waals surface area (Å²) in [7, 11) is 0. The molecule has 0 spiro atoms. The molecule has 0 atom stereocenters. The number of carbonyl (C=O) groups is 1. The van der Waals surface area contributed by atoms with Gasteiger partial charge in [-0.1, -0.05) is 41.7 Å². The lowest BCUT2D eigenvalue weighted by molar-refractivity contribution is 0.192. The van der Waals surface area contributed by atoms with Gasteiger partial charge in [-0.2, -0.15) is 0 Å². The highest BCUT2D eigenvalue weighted by Crippen LogP contribution is 2.34. The largest absolute Gasteiger partial charge is 0.395 e. The first kappa shape index (κ1) is 17.4. The van der Waals surface area contributed by atoms with Gasteiger partial charge in [0.2, 0.25) is 5.13 Å². The Morgan fingerprint density at radius 2 is 2.00 bits per heavy atom. The van der Waals surface area contributed by atoms with Crippen LogP contribution in [0.15, 0.2) is 30.3 Å². The predicted octanol–water partition coefficient (Wildman–Crippen LogP) is 2.71. The Balaban J connectivity index is 2.13. The average Bonchev–Trinajstić information content (AvgIpc) is 3.02. The summed E-state index contributed by atoms with van der Waals surface area (Å²) in [5.74, 6) is 0. The van der Waals surface area contributed by atoms with E-state index in [2.05, 4.69) is 41.5 Å². The second-order valence-electron chi connectivity index (χ2n) is 5.64. The Labute approximate surface area is 140 Å². The third-order valence-corrected chi connectivity index (χ3v) is 4.87. The van der Waals surface area contributed by atoms with Crippen LogP contribution in [0.1, 0.15) is 31.3 Å². The zero-order valence-corrected chi connectivity index (χ0v) is 14.4. The number of likely N-dealkylation sites (N-methyl/N-ethyl adjacent to an activating group) is 1. The van der Waals surface area contributed by atoms with E-state index in [0.29, 0.717) is 18.2 Å². The van der Waals surface area contributed by atoms with Crippen molar-refractivity contribution in [1.82, 2.24) is 15.1 Å². The van der Waals surface area contributed by atoms with Crippen LogP contribution in [-0.4, -0.2) is 45.9 Å². The minimum Gasteiger partial charge on any atom is -0.395 e. The number of aliphatic hydroxyl groups excluding tert-OH is 1. The van der Waals surface area contributed by atoms with Crippen molar-refractivity contribution in [2.45, 2.75) is 26.2 Å². The first-order valence-corrected chi connectivity index (χ1v) is 8.37. The minimum atomic E-state index is -0.280. The molecule has 1 aromatic carbocycles. The van der Waals surface area contributed by atoms with Crippen LogP contribution < -0.4 is 5.32 Å². The number of nitrogens with zero attached hydrogens (tertiary/aromatic N) is 3. The second-order valence-corrected chi connectivity index (χ2v) is 6.61. The number of carbonyl (C=O) groups excluding carboxylic acids is 1. The molecule has 0 fully saturated rings. The Hall–Kier alpha value is -1.99. The smallest absolute Gasteiger partial charge is 0.323 e. The summed E-state index contributed by atoms with van der Waals surface area (Å²) in [6, 6.07) is 9.80. The maximum absolute atomic E-state index is 12.1. The van der Waals surface area contributed by atoms with Gasteiger partial charge in [-0.05, 0) is 26.3 Å². The molecular weight excluding hydrogens is 312 g/mol. The predicted molar refractivity (Wildman–Crippen MR) is 91.8 cm³/mol. The minimum absolute atomic E-state index is 0.0658. The molecule has 0 aliphatic rings. The molecule has 0 saturated heterocycles. The number of nitrogens with one attached hydrogen (secondary N) is 1. The topological polar surface area (TPSA) is 78.4 Å². The van der Waals surface area contributed by atoms with Gasteiger partial charge in [0.25, 0.3) is 0 Å². The van der Waals surface area contributed by atoms with E-state index in [1.807, 2.05) is 25.1 Å². The zero-order valence-electron chi connectivity index (χ0n) is 13.6. The van der Waals surface area contributed by atoms with Crippen LogP contribution >= 0.6 is 11.3 Å². The van der Waals surface area contributed by atoms with E-state index in [4.69, 9.17) is 5.11 Å². The summed E-state index contributed by atoms with van der Waals surface area (Å²) in [4.78, 5) is 13.6. The number of urea groups is 1. The molecule has 0 aliphatic carbocycles. The SMILES string of the molecule is CCN(CCO)C(=O)Nc1nnc(C(C)(C)c2ccccc2)s1. The number of rotatable bonds is 6. The first-order valence-electron chi connectivity index (χ1n) is 7.55. The van der Waals surface area contributed by atoms with Gasteiger partial charge in [0.15, 0.2) is 0 Å². The molecular formula is C16H22N4O2S. The molecule has 1 aromatic heterocycles. The molecule has 2 aromatic rings. The summed E-state index contributed by atoms with van der Waals surface area (Å²) in [6.45, 7) is 6.77. The van der Waals surface area contributed by atoms with Crippen LogP contribution in [-0.2, 0) is 5.41 Å². The van der Waals surface area contributed by atoms with Crippen molar-refractivity contribution in [2.75, 3.05) is 25.0 Å². The van der Waals surface area contributed by atoms with Crippen LogP contribution in [0.3, 0.4) is 0 Å². The third-order valence-electron chi connectivity index (χ3n) is 3.71. The lowest BCUT2D eigenvalue weighted by Crippen LogP contribution is -2.36. The highest BCUT2D eigenvalue weighted by atomic mass is 32.1. The van der Waals surface area contributed by atoms with Crippen molar-refractivity contribution < 1.29 is 9.90 Å². The molecule has 0 saturated carbocycles. The Bertz CT molecular complexity index is 643. The number of anilines is 1. The van der Waals surface area contributed by atoms with Gasteiger partial charge in [-0.25, -0.2) is 4.79 Å². The molecule has 0 bridgehead atoms. The van der Waals surface area contributed by atoms with Crippen LogP contribution in [0.25, 0.3) is 0 Å². The number of hydrogen-bond acceptors (Lipinski definition) is 5. The number of aliphatic hydroxyl groups is 1. The molecule has 1 heterocycles. The number of benzene rings is 1. The van der Waals surface area contributed by atoms with E-state index in [0.717, 1.165) is 10.6 Å². The van der Waals surface area contributed by atoms with Gasteiger partial charge in [-0.3, -0.25) is 5.32 Å². The van der Waals surface area contributed by atoms with Gasteiger partial charge in [0, 0.05) is 18.5 Å². The molecule has 0 unspecified atom stereocenters.